The zero-order valence-electron chi connectivity index (χ0n) is 16.5. The average Bonchev–Trinajstić information content (AvgIpc) is 3.00. The minimum absolute atomic E-state index is 0.120. The highest BCUT2D eigenvalue weighted by Gasteiger charge is 2.39. The molecule has 0 radical (unpaired) electrons. The van der Waals surface area contributed by atoms with E-state index in [2.05, 4.69) is 39.2 Å². The highest BCUT2D eigenvalue weighted by atomic mass is 32.2. The number of aromatic nitrogens is 3. The Kier molecular flexibility index (Phi) is 8.37. The van der Waals surface area contributed by atoms with Crippen molar-refractivity contribution in [1.82, 2.24) is 25.4 Å². The van der Waals surface area contributed by atoms with Crippen molar-refractivity contribution in [3.63, 3.8) is 0 Å². The molecule has 1 aliphatic heterocycles. The van der Waals surface area contributed by atoms with Gasteiger partial charge < -0.3 is 19.9 Å². The molecule has 0 spiro atoms. The Bertz CT molecular complexity index is 564. The van der Waals surface area contributed by atoms with Crippen LogP contribution in [0.25, 0.3) is 0 Å². The second-order valence-electron chi connectivity index (χ2n) is 7.43. The fourth-order valence-electron chi connectivity index (χ4n) is 3.46. The summed E-state index contributed by atoms with van der Waals surface area (Å²) in [6.07, 6.45) is 5.36. The number of piperidine rings is 1. The summed E-state index contributed by atoms with van der Waals surface area (Å²) in [5.41, 5.74) is -0.385. The van der Waals surface area contributed by atoms with Crippen LogP contribution in [0.1, 0.15) is 38.9 Å². The molecule has 2 N–H and O–H groups in total. The summed E-state index contributed by atoms with van der Waals surface area (Å²) in [4.78, 5) is 12.7. The third-order valence-electron chi connectivity index (χ3n) is 4.85. The molecular formula is C18H33N5O2S. The molecule has 1 amide bonds. The number of thioether (sulfide) groups is 1. The van der Waals surface area contributed by atoms with Gasteiger partial charge in [0.25, 0.3) is 0 Å². The lowest BCUT2D eigenvalue weighted by Crippen LogP contribution is -2.50. The predicted octanol–water partition coefficient (Wildman–Crippen LogP) is 1.72. The molecule has 0 aliphatic carbocycles. The van der Waals surface area contributed by atoms with Crippen LogP contribution in [0.2, 0.25) is 0 Å². The molecule has 0 saturated carbocycles. The lowest BCUT2D eigenvalue weighted by atomic mass is 9.78. The van der Waals surface area contributed by atoms with Crippen molar-refractivity contribution in [3.8, 4) is 0 Å². The molecular weight excluding hydrogens is 350 g/mol. The molecule has 0 aromatic carbocycles. The molecule has 8 heteroatoms. The average molecular weight is 384 g/mol. The van der Waals surface area contributed by atoms with E-state index >= 15 is 0 Å². The topological polar surface area (TPSA) is 81.1 Å². The fraction of sp³-hybridized carbons (Fsp3) is 0.833. The van der Waals surface area contributed by atoms with Crippen LogP contribution in [0.5, 0.6) is 0 Å². The molecule has 26 heavy (non-hydrogen) atoms. The van der Waals surface area contributed by atoms with Crippen molar-refractivity contribution in [2.24, 2.45) is 11.3 Å². The molecule has 1 saturated heterocycles. The van der Waals surface area contributed by atoms with E-state index in [1.807, 2.05) is 6.26 Å². The first-order valence-corrected chi connectivity index (χ1v) is 10.7. The van der Waals surface area contributed by atoms with Crippen LogP contribution in [0.15, 0.2) is 5.16 Å². The SMILES string of the molecule is COCC1(C(=O)NCCCc2nnc(SC)n2CC(C)C)CCNCC1. The van der Waals surface area contributed by atoms with E-state index in [1.165, 1.54) is 0 Å². The third kappa shape index (κ3) is 5.44. The van der Waals surface area contributed by atoms with Crippen molar-refractivity contribution < 1.29 is 9.53 Å². The number of carbonyl (C=O) groups excluding carboxylic acids is 1. The Morgan fingerprint density at radius 1 is 1.38 bits per heavy atom. The Balaban J connectivity index is 1.86. The van der Waals surface area contributed by atoms with Gasteiger partial charge in [-0.25, -0.2) is 0 Å². The van der Waals surface area contributed by atoms with Crippen molar-refractivity contribution in [2.75, 3.05) is 39.6 Å². The van der Waals surface area contributed by atoms with Crippen LogP contribution in [-0.4, -0.2) is 60.3 Å². The van der Waals surface area contributed by atoms with Crippen LogP contribution in [0.4, 0.5) is 0 Å². The quantitative estimate of drug-likeness (QED) is 0.473. The highest BCUT2D eigenvalue weighted by molar-refractivity contribution is 7.98. The summed E-state index contributed by atoms with van der Waals surface area (Å²) >= 11 is 1.63. The summed E-state index contributed by atoms with van der Waals surface area (Å²) in [6, 6.07) is 0. The maximum Gasteiger partial charge on any atom is 0.228 e. The lowest BCUT2D eigenvalue weighted by molar-refractivity contribution is -0.136. The van der Waals surface area contributed by atoms with Gasteiger partial charge in [-0.1, -0.05) is 25.6 Å². The lowest BCUT2D eigenvalue weighted by Gasteiger charge is -2.35. The third-order valence-corrected chi connectivity index (χ3v) is 5.52. The van der Waals surface area contributed by atoms with Gasteiger partial charge in [-0.2, -0.15) is 0 Å². The number of methoxy groups -OCH3 is 1. The first kappa shape index (κ1) is 21.2. The smallest absolute Gasteiger partial charge is 0.228 e. The van der Waals surface area contributed by atoms with Gasteiger partial charge in [0.15, 0.2) is 5.16 Å². The maximum absolute atomic E-state index is 12.7. The highest BCUT2D eigenvalue weighted by Crippen LogP contribution is 2.29. The number of aryl methyl sites for hydroxylation is 1. The van der Waals surface area contributed by atoms with E-state index < -0.39 is 0 Å². The van der Waals surface area contributed by atoms with Gasteiger partial charge in [0, 0.05) is 26.6 Å². The largest absolute Gasteiger partial charge is 0.384 e. The number of amides is 1. The molecule has 0 atom stereocenters. The van der Waals surface area contributed by atoms with E-state index in [0.717, 1.165) is 56.3 Å². The number of hydrogen-bond acceptors (Lipinski definition) is 6. The molecule has 1 aromatic rings. The molecule has 7 nitrogen and oxygen atoms in total. The van der Waals surface area contributed by atoms with E-state index in [1.54, 1.807) is 18.9 Å². The number of ether oxygens (including phenoxy) is 1. The molecule has 148 valence electrons. The Morgan fingerprint density at radius 2 is 2.12 bits per heavy atom. The van der Waals surface area contributed by atoms with Crippen molar-refractivity contribution >= 4 is 17.7 Å². The summed E-state index contributed by atoms with van der Waals surface area (Å²) < 4.78 is 7.54. The van der Waals surface area contributed by atoms with Crippen molar-refractivity contribution in [1.29, 1.82) is 0 Å². The van der Waals surface area contributed by atoms with Gasteiger partial charge in [-0.15, -0.1) is 10.2 Å². The zero-order valence-corrected chi connectivity index (χ0v) is 17.3. The molecule has 1 aromatic heterocycles. The summed E-state index contributed by atoms with van der Waals surface area (Å²) in [6.45, 7) is 8.19. The van der Waals surface area contributed by atoms with Crippen molar-refractivity contribution in [3.05, 3.63) is 5.82 Å². The van der Waals surface area contributed by atoms with Crippen LogP contribution >= 0.6 is 11.8 Å². The zero-order chi connectivity index (χ0) is 19.0. The van der Waals surface area contributed by atoms with Crippen LogP contribution in [-0.2, 0) is 22.5 Å². The van der Waals surface area contributed by atoms with Gasteiger partial charge in [0.05, 0.1) is 12.0 Å². The van der Waals surface area contributed by atoms with Gasteiger partial charge in [0.2, 0.25) is 5.91 Å². The minimum atomic E-state index is -0.385. The van der Waals surface area contributed by atoms with Gasteiger partial charge in [-0.05, 0) is 44.5 Å². The first-order valence-electron chi connectivity index (χ1n) is 9.46. The van der Waals surface area contributed by atoms with Crippen molar-refractivity contribution in [2.45, 2.75) is 51.2 Å². The van der Waals surface area contributed by atoms with E-state index in [9.17, 15) is 4.79 Å². The minimum Gasteiger partial charge on any atom is -0.384 e. The van der Waals surface area contributed by atoms with E-state index in [-0.39, 0.29) is 11.3 Å². The summed E-state index contributed by atoms with van der Waals surface area (Å²) in [7, 11) is 1.67. The van der Waals surface area contributed by atoms with Crippen LogP contribution in [0, 0.1) is 11.3 Å². The molecule has 1 fully saturated rings. The van der Waals surface area contributed by atoms with Crippen LogP contribution in [0.3, 0.4) is 0 Å². The predicted molar refractivity (Wildman–Crippen MR) is 104 cm³/mol. The number of rotatable bonds is 10. The molecule has 2 heterocycles. The summed E-state index contributed by atoms with van der Waals surface area (Å²) in [5, 5.41) is 16.0. The fourth-order valence-corrected chi connectivity index (χ4v) is 3.98. The second kappa shape index (κ2) is 10.3. The van der Waals surface area contributed by atoms with E-state index in [4.69, 9.17) is 4.74 Å². The number of hydrogen-bond donors (Lipinski definition) is 2. The molecule has 0 unspecified atom stereocenters. The molecule has 2 rings (SSSR count). The maximum atomic E-state index is 12.7. The second-order valence-corrected chi connectivity index (χ2v) is 8.20. The number of carbonyl (C=O) groups is 1. The van der Waals surface area contributed by atoms with Gasteiger partial charge in [0.1, 0.15) is 5.82 Å². The Morgan fingerprint density at radius 3 is 2.73 bits per heavy atom. The summed E-state index contributed by atoms with van der Waals surface area (Å²) in [5.74, 6) is 1.67. The van der Waals surface area contributed by atoms with Gasteiger partial charge in [-0.3, -0.25) is 4.79 Å². The van der Waals surface area contributed by atoms with E-state index in [0.29, 0.717) is 19.1 Å². The first-order chi connectivity index (χ1) is 12.5. The Labute approximate surface area is 161 Å². The van der Waals surface area contributed by atoms with Gasteiger partial charge >= 0.3 is 0 Å². The normalized spacial score (nSPS) is 16.8. The molecule has 0 bridgehead atoms. The van der Waals surface area contributed by atoms with Crippen LogP contribution < -0.4 is 10.6 Å². The molecule has 1 aliphatic rings. The monoisotopic (exact) mass is 383 g/mol. The standard InChI is InChI=1S/C18H33N5O2S/c1-14(2)12-23-15(21-22-17(23)26-4)6-5-9-20-16(24)18(13-25-3)7-10-19-11-8-18/h14,19H,5-13H2,1-4H3,(H,20,24). The number of nitrogens with one attached hydrogen (secondary N) is 2. The number of nitrogens with zero attached hydrogens (tertiary/aromatic N) is 3. The Hall–Kier alpha value is -1.12.